The summed E-state index contributed by atoms with van der Waals surface area (Å²) >= 11 is 0. The fourth-order valence-electron chi connectivity index (χ4n) is 2.32. The lowest BCUT2D eigenvalue weighted by atomic mass is 10.1. The third-order valence-corrected chi connectivity index (χ3v) is 3.38. The zero-order valence-electron chi connectivity index (χ0n) is 12.5. The van der Waals surface area contributed by atoms with E-state index in [1.165, 1.54) is 0 Å². The average molecular weight is 315 g/mol. The van der Waals surface area contributed by atoms with Crippen molar-refractivity contribution in [3.63, 3.8) is 0 Å². The Kier molecular flexibility index (Phi) is 6.95. The Morgan fingerprint density at radius 1 is 1.57 bits per heavy atom. The number of morpholine rings is 1. The molecule has 5 nitrogen and oxygen atoms in total. The highest BCUT2D eigenvalue weighted by Crippen LogP contribution is 2.25. The molecule has 2 atom stereocenters. The second kappa shape index (κ2) is 8.22. The molecule has 21 heavy (non-hydrogen) atoms. The van der Waals surface area contributed by atoms with Gasteiger partial charge in [0.25, 0.3) is 0 Å². The van der Waals surface area contributed by atoms with Crippen molar-refractivity contribution in [2.75, 3.05) is 26.8 Å². The maximum atomic E-state index is 12.1. The van der Waals surface area contributed by atoms with Crippen LogP contribution in [0.25, 0.3) is 0 Å². The van der Waals surface area contributed by atoms with Crippen LogP contribution in [0.15, 0.2) is 24.3 Å². The predicted molar refractivity (Wildman–Crippen MR) is 83.8 cm³/mol. The molecule has 1 aliphatic rings. The molecule has 2 rings (SSSR count). The summed E-state index contributed by atoms with van der Waals surface area (Å²) in [5, 5.41) is 0. The van der Waals surface area contributed by atoms with E-state index in [0.29, 0.717) is 26.1 Å². The molecule has 6 heteroatoms. The highest BCUT2D eigenvalue weighted by atomic mass is 35.5. The fraction of sp³-hybridized carbons (Fsp3) is 0.533. The van der Waals surface area contributed by atoms with E-state index >= 15 is 0 Å². The summed E-state index contributed by atoms with van der Waals surface area (Å²) in [5.41, 5.74) is 6.72. The van der Waals surface area contributed by atoms with Crippen LogP contribution < -0.4 is 10.5 Å². The maximum absolute atomic E-state index is 12.1. The molecule has 1 fully saturated rings. The van der Waals surface area contributed by atoms with Crippen molar-refractivity contribution in [1.29, 1.82) is 0 Å². The Labute approximate surface area is 131 Å². The minimum absolute atomic E-state index is 0. The molecule has 2 N–H and O–H groups in total. The van der Waals surface area contributed by atoms with Crippen LogP contribution in [0, 0.1) is 0 Å². The number of benzene rings is 1. The second-order valence-electron chi connectivity index (χ2n) is 5.16. The van der Waals surface area contributed by atoms with Crippen LogP contribution in [0.1, 0.15) is 25.0 Å². The number of nitrogens with zero attached hydrogens (tertiary/aromatic N) is 1. The van der Waals surface area contributed by atoms with Crippen LogP contribution in [0.2, 0.25) is 0 Å². The second-order valence-corrected chi connectivity index (χ2v) is 5.16. The third-order valence-electron chi connectivity index (χ3n) is 3.38. The lowest BCUT2D eigenvalue weighted by Gasteiger charge is -2.33. The first-order chi connectivity index (χ1) is 9.60. The van der Waals surface area contributed by atoms with Gasteiger partial charge in [0, 0.05) is 19.0 Å². The van der Waals surface area contributed by atoms with E-state index < -0.39 is 0 Å². The molecule has 0 aliphatic carbocycles. The number of rotatable bonds is 4. The number of carbonyl (C=O) groups excluding carboxylic acids is 1. The topological polar surface area (TPSA) is 64.8 Å². The monoisotopic (exact) mass is 314 g/mol. The first kappa shape index (κ1) is 17.8. The van der Waals surface area contributed by atoms with Crippen LogP contribution >= 0.6 is 12.4 Å². The summed E-state index contributed by atoms with van der Waals surface area (Å²) < 4.78 is 11.0. The van der Waals surface area contributed by atoms with Gasteiger partial charge in [-0.15, -0.1) is 12.4 Å². The van der Waals surface area contributed by atoms with Gasteiger partial charge in [-0.25, -0.2) is 0 Å². The smallest absolute Gasteiger partial charge is 0.224 e. The summed E-state index contributed by atoms with van der Waals surface area (Å²) in [6.07, 6.45) is 0.279. The van der Waals surface area contributed by atoms with Gasteiger partial charge in [0.05, 0.1) is 20.3 Å². The highest BCUT2D eigenvalue weighted by Gasteiger charge is 2.25. The molecule has 1 aromatic carbocycles. The van der Waals surface area contributed by atoms with Crippen molar-refractivity contribution < 1.29 is 14.3 Å². The van der Waals surface area contributed by atoms with Crippen molar-refractivity contribution in [2.45, 2.75) is 25.5 Å². The molecule has 0 aromatic heterocycles. The molecule has 2 unspecified atom stereocenters. The number of carbonyl (C=O) groups is 1. The predicted octanol–water partition coefficient (Wildman–Crippen LogP) is 1.75. The van der Waals surface area contributed by atoms with Crippen molar-refractivity contribution in [3.8, 4) is 5.75 Å². The normalized spacial score (nSPS) is 19.6. The number of hydrogen-bond acceptors (Lipinski definition) is 4. The maximum Gasteiger partial charge on any atom is 0.224 e. The SMILES string of the molecule is COc1cccc(C2CN(C(=O)CC(C)N)CCO2)c1.Cl. The molecule has 118 valence electrons. The van der Waals surface area contributed by atoms with E-state index in [0.717, 1.165) is 11.3 Å². The molecule has 1 heterocycles. The molecule has 1 saturated heterocycles. The van der Waals surface area contributed by atoms with E-state index in [-0.39, 0.29) is 30.5 Å². The quantitative estimate of drug-likeness (QED) is 0.919. The molecule has 0 saturated carbocycles. The Balaban J connectivity index is 0.00000220. The Hall–Kier alpha value is -1.30. The van der Waals surface area contributed by atoms with Gasteiger partial charge in [-0.2, -0.15) is 0 Å². The van der Waals surface area contributed by atoms with Gasteiger partial charge >= 0.3 is 0 Å². The van der Waals surface area contributed by atoms with Crippen LogP contribution in [0.4, 0.5) is 0 Å². The van der Waals surface area contributed by atoms with E-state index in [1.807, 2.05) is 36.1 Å². The number of amides is 1. The Morgan fingerprint density at radius 2 is 2.33 bits per heavy atom. The first-order valence-corrected chi connectivity index (χ1v) is 6.89. The molecular formula is C15H23ClN2O3. The molecule has 0 spiro atoms. The van der Waals surface area contributed by atoms with Gasteiger partial charge in [-0.3, -0.25) is 4.79 Å². The van der Waals surface area contributed by atoms with Gasteiger partial charge < -0.3 is 20.1 Å². The number of methoxy groups -OCH3 is 1. The van der Waals surface area contributed by atoms with Crippen molar-refractivity contribution in [2.24, 2.45) is 5.73 Å². The molecular weight excluding hydrogens is 292 g/mol. The number of halogens is 1. The summed E-state index contributed by atoms with van der Waals surface area (Å²) in [4.78, 5) is 13.9. The van der Waals surface area contributed by atoms with Gasteiger partial charge in [-0.1, -0.05) is 12.1 Å². The minimum Gasteiger partial charge on any atom is -0.497 e. The molecule has 1 amide bonds. The van der Waals surface area contributed by atoms with E-state index in [2.05, 4.69) is 0 Å². The lowest BCUT2D eigenvalue weighted by molar-refractivity contribution is -0.139. The van der Waals surface area contributed by atoms with Crippen molar-refractivity contribution in [1.82, 2.24) is 4.90 Å². The average Bonchev–Trinajstić information content (AvgIpc) is 2.47. The summed E-state index contributed by atoms with van der Waals surface area (Å²) in [6, 6.07) is 7.66. The minimum atomic E-state index is -0.111. The van der Waals surface area contributed by atoms with Gasteiger partial charge in [-0.05, 0) is 24.6 Å². The van der Waals surface area contributed by atoms with E-state index in [9.17, 15) is 4.79 Å². The van der Waals surface area contributed by atoms with E-state index in [4.69, 9.17) is 15.2 Å². The largest absolute Gasteiger partial charge is 0.497 e. The lowest BCUT2D eigenvalue weighted by Crippen LogP contribution is -2.43. The Bertz CT molecular complexity index is 468. The molecule has 1 aliphatic heterocycles. The molecule has 0 radical (unpaired) electrons. The summed E-state index contributed by atoms with van der Waals surface area (Å²) in [6.45, 7) is 3.59. The first-order valence-electron chi connectivity index (χ1n) is 6.89. The third kappa shape index (κ3) is 4.88. The van der Waals surface area contributed by atoms with Gasteiger partial charge in [0.1, 0.15) is 11.9 Å². The molecule has 0 bridgehead atoms. The highest BCUT2D eigenvalue weighted by molar-refractivity contribution is 5.85. The fourth-order valence-corrected chi connectivity index (χ4v) is 2.32. The van der Waals surface area contributed by atoms with Crippen LogP contribution in [0.5, 0.6) is 5.75 Å². The zero-order valence-corrected chi connectivity index (χ0v) is 13.3. The zero-order chi connectivity index (χ0) is 14.5. The van der Waals surface area contributed by atoms with Crippen molar-refractivity contribution >= 4 is 18.3 Å². The van der Waals surface area contributed by atoms with Crippen LogP contribution in [-0.2, 0) is 9.53 Å². The van der Waals surface area contributed by atoms with Crippen molar-refractivity contribution in [3.05, 3.63) is 29.8 Å². The van der Waals surface area contributed by atoms with Crippen LogP contribution in [0.3, 0.4) is 0 Å². The van der Waals surface area contributed by atoms with E-state index in [1.54, 1.807) is 7.11 Å². The Morgan fingerprint density at radius 3 is 3.00 bits per heavy atom. The summed E-state index contributed by atoms with van der Waals surface area (Å²) in [7, 11) is 1.64. The number of ether oxygens (including phenoxy) is 2. The molecule has 1 aromatic rings. The standard InChI is InChI=1S/C15H22N2O3.ClH/c1-11(16)8-15(18)17-6-7-20-14(10-17)12-4-3-5-13(9-12)19-2;/h3-5,9,11,14H,6-8,10,16H2,1-2H3;1H. The van der Waals surface area contributed by atoms with Crippen LogP contribution in [-0.4, -0.2) is 43.7 Å². The van der Waals surface area contributed by atoms with Gasteiger partial charge in [0.2, 0.25) is 5.91 Å². The number of nitrogens with two attached hydrogens (primary N) is 1. The van der Waals surface area contributed by atoms with Gasteiger partial charge in [0.15, 0.2) is 0 Å². The number of hydrogen-bond donors (Lipinski definition) is 1. The summed E-state index contributed by atoms with van der Waals surface area (Å²) in [5.74, 6) is 0.890.